The van der Waals surface area contributed by atoms with E-state index >= 15 is 0 Å². The van der Waals surface area contributed by atoms with E-state index in [-0.39, 0.29) is 12.0 Å². The van der Waals surface area contributed by atoms with Crippen molar-refractivity contribution in [2.45, 2.75) is 76.5 Å². The summed E-state index contributed by atoms with van der Waals surface area (Å²) in [5, 5.41) is 10.5. The molecule has 0 spiro atoms. The SMILES string of the molecule is CC1C(O)CC2C(=O)N3C(=NC4CCCCC43)C3CCCC1C23. The molecular weight excluding hydrogens is 288 g/mol. The van der Waals surface area contributed by atoms with Gasteiger partial charge in [0.15, 0.2) is 0 Å². The second-order valence-electron chi connectivity index (χ2n) is 8.66. The van der Waals surface area contributed by atoms with Crippen molar-refractivity contribution < 1.29 is 9.90 Å². The first-order chi connectivity index (χ1) is 11.2. The standard InChI is InChI=1S/C19H28N2O2/c1-10-11-5-4-6-12-17(11)13(9-16(10)22)19(23)21-15-8-3-2-7-14(15)20-18(12)21/h10-17,22H,2-9H2,1H3. The molecule has 1 amide bonds. The molecule has 8 unspecified atom stereocenters. The van der Waals surface area contributed by atoms with Crippen molar-refractivity contribution in [1.82, 2.24) is 4.90 Å². The average Bonchev–Trinajstić information content (AvgIpc) is 2.96. The van der Waals surface area contributed by atoms with Crippen LogP contribution in [0.15, 0.2) is 4.99 Å². The zero-order chi connectivity index (χ0) is 15.7. The molecule has 1 saturated heterocycles. The topological polar surface area (TPSA) is 52.9 Å². The number of fused-ring (bicyclic) bond motifs is 4. The molecule has 5 aliphatic rings. The van der Waals surface area contributed by atoms with Crippen LogP contribution in [0, 0.1) is 29.6 Å². The molecule has 3 saturated carbocycles. The summed E-state index contributed by atoms with van der Waals surface area (Å²) in [6.07, 6.45) is 8.76. The predicted molar refractivity (Wildman–Crippen MR) is 87.9 cm³/mol. The van der Waals surface area contributed by atoms with Crippen molar-refractivity contribution in [3.63, 3.8) is 0 Å². The molecule has 2 heterocycles. The Kier molecular flexibility index (Phi) is 3.17. The molecule has 0 bridgehead atoms. The third kappa shape index (κ3) is 1.87. The van der Waals surface area contributed by atoms with E-state index in [2.05, 4.69) is 11.8 Å². The number of amides is 1. The highest BCUT2D eigenvalue weighted by Gasteiger charge is 2.58. The Morgan fingerprint density at radius 1 is 1.09 bits per heavy atom. The largest absolute Gasteiger partial charge is 0.393 e. The normalized spacial score (nSPS) is 51.7. The Morgan fingerprint density at radius 2 is 1.91 bits per heavy atom. The molecule has 4 fully saturated rings. The van der Waals surface area contributed by atoms with Crippen LogP contribution in [0.2, 0.25) is 0 Å². The van der Waals surface area contributed by atoms with Gasteiger partial charge >= 0.3 is 0 Å². The van der Waals surface area contributed by atoms with Crippen LogP contribution in [0.25, 0.3) is 0 Å². The maximum absolute atomic E-state index is 13.3. The Balaban J connectivity index is 1.56. The van der Waals surface area contributed by atoms with Gasteiger partial charge in [0.05, 0.1) is 18.2 Å². The summed E-state index contributed by atoms with van der Waals surface area (Å²) in [6.45, 7) is 2.20. The van der Waals surface area contributed by atoms with E-state index in [1.54, 1.807) is 0 Å². The fourth-order valence-corrected chi connectivity index (χ4v) is 6.61. The zero-order valence-corrected chi connectivity index (χ0v) is 14.0. The minimum atomic E-state index is -0.299. The molecule has 0 aromatic heterocycles. The number of piperidine rings is 1. The fourth-order valence-electron chi connectivity index (χ4n) is 6.61. The van der Waals surface area contributed by atoms with Crippen LogP contribution in [0.5, 0.6) is 0 Å². The van der Waals surface area contributed by atoms with Crippen molar-refractivity contribution >= 4 is 11.7 Å². The molecule has 126 valence electrons. The number of aliphatic hydroxyl groups excluding tert-OH is 1. The van der Waals surface area contributed by atoms with Crippen LogP contribution in [0.4, 0.5) is 0 Å². The van der Waals surface area contributed by atoms with Gasteiger partial charge in [-0.25, -0.2) is 0 Å². The minimum absolute atomic E-state index is 0.0520. The summed E-state index contributed by atoms with van der Waals surface area (Å²) in [6, 6.07) is 0.703. The van der Waals surface area contributed by atoms with E-state index in [1.807, 2.05) is 0 Å². The number of aliphatic hydroxyl groups is 1. The van der Waals surface area contributed by atoms with Crippen molar-refractivity contribution in [3.05, 3.63) is 0 Å². The number of aliphatic imine (C=N–C) groups is 1. The first-order valence-electron chi connectivity index (χ1n) is 9.75. The molecule has 23 heavy (non-hydrogen) atoms. The summed E-state index contributed by atoms with van der Waals surface area (Å²) in [7, 11) is 0. The predicted octanol–water partition coefficient (Wildman–Crippen LogP) is 2.60. The summed E-state index contributed by atoms with van der Waals surface area (Å²) >= 11 is 0. The Morgan fingerprint density at radius 3 is 2.78 bits per heavy atom. The van der Waals surface area contributed by atoms with E-state index in [0.717, 1.165) is 18.7 Å². The lowest BCUT2D eigenvalue weighted by Gasteiger charge is -2.55. The van der Waals surface area contributed by atoms with Crippen molar-refractivity contribution in [2.75, 3.05) is 0 Å². The van der Waals surface area contributed by atoms with Crippen LogP contribution in [0.1, 0.15) is 58.3 Å². The van der Waals surface area contributed by atoms with Crippen LogP contribution in [-0.4, -0.2) is 39.9 Å². The van der Waals surface area contributed by atoms with Gasteiger partial charge in [-0.1, -0.05) is 26.2 Å². The number of hydrogen-bond acceptors (Lipinski definition) is 3. The molecule has 4 nitrogen and oxygen atoms in total. The molecule has 0 aromatic rings. The number of nitrogens with zero attached hydrogens (tertiary/aromatic N) is 2. The highest BCUT2D eigenvalue weighted by Crippen LogP contribution is 2.54. The Bertz CT molecular complexity index is 560. The lowest BCUT2D eigenvalue weighted by Crippen LogP contribution is -2.62. The summed E-state index contributed by atoms with van der Waals surface area (Å²) in [5.41, 5.74) is 0. The van der Waals surface area contributed by atoms with Gasteiger partial charge in [0.1, 0.15) is 5.84 Å². The van der Waals surface area contributed by atoms with Crippen LogP contribution in [-0.2, 0) is 4.79 Å². The molecule has 8 atom stereocenters. The number of carbonyl (C=O) groups is 1. The van der Waals surface area contributed by atoms with E-state index in [4.69, 9.17) is 4.99 Å². The summed E-state index contributed by atoms with van der Waals surface area (Å²) < 4.78 is 0. The number of rotatable bonds is 0. The van der Waals surface area contributed by atoms with Gasteiger partial charge in [-0.05, 0) is 49.9 Å². The highest BCUT2D eigenvalue weighted by atomic mass is 16.3. The first kappa shape index (κ1) is 14.4. The zero-order valence-electron chi connectivity index (χ0n) is 14.0. The molecule has 0 aromatic carbocycles. The minimum Gasteiger partial charge on any atom is -0.393 e. The molecule has 4 heteroatoms. The lowest BCUT2D eigenvalue weighted by molar-refractivity contribution is -0.150. The molecule has 1 N–H and O–H groups in total. The van der Waals surface area contributed by atoms with Crippen LogP contribution in [0.3, 0.4) is 0 Å². The van der Waals surface area contributed by atoms with E-state index in [9.17, 15) is 9.90 Å². The van der Waals surface area contributed by atoms with Crippen molar-refractivity contribution in [3.8, 4) is 0 Å². The van der Waals surface area contributed by atoms with Gasteiger partial charge in [0.2, 0.25) is 5.91 Å². The number of hydrogen-bond donors (Lipinski definition) is 1. The van der Waals surface area contributed by atoms with Gasteiger partial charge in [0, 0.05) is 11.8 Å². The van der Waals surface area contributed by atoms with Gasteiger partial charge in [0.25, 0.3) is 0 Å². The Labute approximate surface area is 138 Å². The van der Waals surface area contributed by atoms with Gasteiger partial charge in [-0.2, -0.15) is 0 Å². The lowest BCUT2D eigenvalue weighted by atomic mass is 9.55. The third-order valence-electron chi connectivity index (χ3n) is 7.71. The monoisotopic (exact) mass is 316 g/mol. The molecule has 2 aliphatic heterocycles. The maximum Gasteiger partial charge on any atom is 0.231 e. The molecule has 3 aliphatic carbocycles. The smallest absolute Gasteiger partial charge is 0.231 e. The third-order valence-corrected chi connectivity index (χ3v) is 7.71. The van der Waals surface area contributed by atoms with Crippen molar-refractivity contribution in [1.29, 1.82) is 0 Å². The van der Waals surface area contributed by atoms with Crippen molar-refractivity contribution in [2.24, 2.45) is 34.6 Å². The Hall–Kier alpha value is -0.900. The second kappa shape index (κ2) is 5.05. The summed E-state index contributed by atoms with van der Waals surface area (Å²) in [5.74, 6) is 3.29. The van der Waals surface area contributed by atoms with E-state index in [0.29, 0.717) is 48.1 Å². The van der Waals surface area contributed by atoms with E-state index in [1.165, 1.54) is 32.1 Å². The van der Waals surface area contributed by atoms with Gasteiger partial charge in [-0.15, -0.1) is 0 Å². The molecule has 5 rings (SSSR count). The summed E-state index contributed by atoms with van der Waals surface area (Å²) in [4.78, 5) is 20.5. The van der Waals surface area contributed by atoms with E-state index < -0.39 is 0 Å². The average molecular weight is 316 g/mol. The van der Waals surface area contributed by atoms with Crippen LogP contribution < -0.4 is 0 Å². The fraction of sp³-hybridized carbons (Fsp3) is 0.895. The van der Waals surface area contributed by atoms with Gasteiger partial charge < -0.3 is 5.11 Å². The second-order valence-corrected chi connectivity index (χ2v) is 8.66. The number of carbonyl (C=O) groups excluding carboxylic acids is 1. The maximum atomic E-state index is 13.3. The molecule has 0 radical (unpaired) electrons. The van der Waals surface area contributed by atoms with Crippen LogP contribution >= 0.6 is 0 Å². The van der Waals surface area contributed by atoms with Gasteiger partial charge in [-0.3, -0.25) is 14.7 Å². The quantitative estimate of drug-likeness (QED) is 0.747. The number of amidine groups is 1. The molecular formula is C19H28N2O2. The highest BCUT2D eigenvalue weighted by molar-refractivity contribution is 6.05. The first-order valence-corrected chi connectivity index (χ1v) is 9.75.